The maximum Gasteiger partial charge on any atom is 0.114 e. The summed E-state index contributed by atoms with van der Waals surface area (Å²) in [4.78, 5) is 4.64. The highest BCUT2D eigenvalue weighted by Crippen LogP contribution is 2.66. The summed E-state index contributed by atoms with van der Waals surface area (Å²) in [7, 11) is 0. The Hall–Kier alpha value is -1.61. The molecule has 0 unspecified atom stereocenters. The lowest BCUT2D eigenvalue weighted by atomic mass is 9.50. The van der Waals surface area contributed by atoms with Crippen LogP contribution >= 0.6 is 11.8 Å². The average molecular weight is 465 g/mol. The molecule has 0 bridgehead atoms. The van der Waals surface area contributed by atoms with Crippen molar-refractivity contribution >= 4 is 11.8 Å². The number of nitriles is 1. The topological polar surface area (TPSA) is 77.1 Å². The number of pyridine rings is 1. The highest BCUT2D eigenvalue weighted by molar-refractivity contribution is 7.99. The van der Waals surface area contributed by atoms with Gasteiger partial charge in [-0.3, -0.25) is 0 Å². The van der Waals surface area contributed by atoms with E-state index in [2.05, 4.69) is 37.1 Å². The van der Waals surface area contributed by atoms with Gasteiger partial charge in [0.2, 0.25) is 0 Å². The van der Waals surface area contributed by atoms with Crippen LogP contribution < -0.4 is 0 Å². The number of rotatable bonds is 3. The number of allylic oxidation sites excluding steroid dienone is 3. The minimum absolute atomic E-state index is 0.158. The first-order valence-corrected chi connectivity index (χ1v) is 13.4. The summed E-state index contributed by atoms with van der Waals surface area (Å²) in [5, 5.41) is 32.7. The Morgan fingerprint density at radius 1 is 1.12 bits per heavy atom. The Balaban J connectivity index is 1.42. The lowest BCUT2D eigenvalue weighted by Gasteiger charge is -2.56. The Kier molecular flexibility index (Phi) is 5.59. The molecular formula is C28H36N2O2S. The largest absolute Gasteiger partial charge is 0.393 e. The van der Waals surface area contributed by atoms with Crippen LogP contribution in [0.15, 0.2) is 34.4 Å². The van der Waals surface area contributed by atoms with Gasteiger partial charge >= 0.3 is 0 Å². The smallest absolute Gasteiger partial charge is 0.114 e. The summed E-state index contributed by atoms with van der Waals surface area (Å²) in [5.41, 5.74) is 4.69. The lowest BCUT2D eigenvalue weighted by Crippen LogP contribution is -2.52. The molecule has 33 heavy (non-hydrogen) atoms. The van der Waals surface area contributed by atoms with Gasteiger partial charge in [-0.05, 0) is 87.7 Å². The molecule has 4 aliphatic carbocycles. The van der Waals surface area contributed by atoms with E-state index in [-0.39, 0.29) is 16.9 Å². The van der Waals surface area contributed by atoms with E-state index in [1.54, 1.807) is 11.8 Å². The van der Waals surface area contributed by atoms with Crippen LogP contribution in [0.1, 0.15) is 75.6 Å². The van der Waals surface area contributed by atoms with E-state index in [4.69, 9.17) is 0 Å². The summed E-state index contributed by atoms with van der Waals surface area (Å²) >= 11 is 1.55. The maximum atomic E-state index is 12.0. The number of aryl methyl sites for hydroxylation is 2. The highest BCUT2D eigenvalue weighted by atomic mass is 32.2. The molecule has 3 saturated carbocycles. The zero-order valence-corrected chi connectivity index (χ0v) is 21.1. The number of hydrogen-bond acceptors (Lipinski definition) is 5. The molecule has 4 aliphatic rings. The summed E-state index contributed by atoms with van der Waals surface area (Å²) in [5.74, 6) is 1.50. The van der Waals surface area contributed by atoms with Gasteiger partial charge in [0.05, 0.1) is 17.3 Å². The molecule has 5 rings (SSSR count). The van der Waals surface area contributed by atoms with Crippen molar-refractivity contribution in [1.29, 1.82) is 5.26 Å². The molecule has 1 aromatic heterocycles. The zero-order chi connectivity index (χ0) is 23.6. The van der Waals surface area contributed by atoms with Crippen molar-refractivity contribution < 1.29 is 10.2 Å². The Morgan fingerprint density at radius 3 is 2.64 bits per heavy atom. The predicted octanol–water partition coefficient (Wildman–Crippen LogP) is 5.64. The Bertz CT molecular complexity index is 1090. The number of nitrogens with zero attached hydrogens (tertiary/aromatic N) is 2. The molecule has 4 nitrogen and oxygen atoms in total. The van der Waals surface area contributed by atoms with E-state index >= 15 is 0 Å². The number of aliphatic hydroxyl groups excluding tert-OH is 1. The van der Waals surface area contributed by atoms with Crippen LogP contribution in [0.4, 0.5) is 0 Å². The van der Waals surface area contributed by atoms with Crippen molar-refractivity contribution in [3.63, 3.8) is 0 Å². The fraction of sp³-hybridized carbons (Fsp3) is 0.643. The van der Waals surface area contributed by atoms with E-state index in [1.165, 1.54) is 11.1 Å². The zero-order valence-electron chi connectivity index (χ0n) is 20.3. The van der Waals surface area contributed by atoms with Gasteiger partial charge in [0.1, 0.15) is 11.1 Å². The molecule has 6 atom stereocenters. The van der Waals surface area contributed by atoms with Gasteiger partial charge in [-0.25, -0.2) is 4.98 Å². The lowest BCUT2D eigenvalue weighted by molar-refractivity contribution is -0.0678. The molecule has 1 heterocycles. The van der Waals surface area contributed by atoms with E-state index in [0.717, 1.165) is 61.2 Å². The van der Waals surface area contributed by atoms with Gasteiger partial charge in [-0.15, -0.1) is 11.8 Å². The molecular weight excluding hydrogens is 428 g/mol. The molecule has 2 N–H and O–H groups in total. The maximum absolute atomic E-state index is 12.0. The van der Waals surface area contributed by atoms with Crippen LogP contribution in [0.25, 0.3) is 0 Å². The molecule has 3 fully saturated rings. The average Bonchev–Trinajstić information content (AvgIpc) is 3.03. The molecule has 176 valence electrons. The molecule has 0 aliphatic heterocycles. The van der Waals surface area contributed by atoms with Gasteiger partial charge in [-0.1, -0.05) is 37.1 Å². The predicted molar refractivity (Wildman–Crippen MR) is 132 cm³/mol. The second-order valence-corrected chi connectivity index (χ2v) is 12.4. The monoisotopic (exact) mass is 464 g/mol. The van der Waals surface area contributed by atoms with Crippen molar-refractivity contribution in [3.05, 3.63) is 46.2 Å². The highest BCUT2D eigenvalue weighted by Gasteiger charge is 2.61. The second kappa shape index (κ2) is 7.97. The fourth-order valence-corrected chi connectivity index (χ4v) is 8.97. The van der Waals surface area contributed by atoms with Crippen molar-refractivity contribution in [2.75, 3.05) is 5.75 Å². The third-order valence-corrected chi connectivity index (χ3v) is 10.9. The molecule has 0 saturated heterocycles. The van der Waals surface area contributed by atoms with Crippen molar-refractivity contribution in [2.45, 2.75) is 89.4 Å². The first-order valence-electron chi connectivity index (χ1n) is 12.4. The van der Waals surface area contributed by atoms with Crippen LogP contribution in [-0.2, 0) is 0 Å². The van der Waals surface area contributed by atoms with Crippen LogP contribution in [0.3, 0.4) is 0 Å². The second-order valence-electron chi connectivity index (χ2n) is 11.5. The number of aromatic nitrogens is 1. The summed E-state index contributed by atoms with van der Waals surface area (Å²) in [6, 6.07) is 4.27. The quantitative estimate of drug-likeness (QED) is 0.566. The van der Waals surface area contributed by atoms with Gasteiger partial charge in [0.15, 0.2) is 0 Å². The molecule has 0 amide bonds. The third-order valence-electron chi connectivity index (χ3n) is 9.74. The SMILES string of the molecule is Cc1cc(C)c(C#N)c(SC[C@]2(O)CC[C@H]3C4=CC=C5C[C@@H](O)CC[C@]5(C)[C@H]4CC[C@@]32C)n1. The first kappa shape index (κ1) is 23.1. The molecule has 0 spiro atoms. The van der Waals surface area contributed by atoms with Gasteiger partial charge in [0, 0.05) is 16.9 Å². The fourth-order valence-electron chi connectivity index (χ4n) is 7.56. The summed E-state index contributed by atoms with van der Waals surface area (Å²) in [6.07, 6.45) is 11.1. The number of hydrogen-bond donors (Lipinski definition) is 2. The standard InChI is InChI=1S/C28H36N2O2S/c1-17-13-18(2)30-25(22(17)15-29)33-16-28(32)12-9-24-21-6-5-19-14-20(31)7-10-26(19,3)23(21)8-11-27(24,28)4/h5-6,13,20,23-24,31-32H,7-12,14,16H2,1-4H3/t20-,23-,24-,26-,27-,28+/m0/s1. The van der Waals surface area contributed by atoms with Crippen LogP contribution in [0, 0.1) is 47.8 Å². The number of aliphatic hydroxyl groups is 2. The summed E-state index contributed by atoms with van der Waals surface area (Å²) < 4.78 is 0. The van der Waals surface area contributed by atoms with Crippen molar-refractivity contribution in [2.24, 2.45) is 22.7 Å². The van der Waals surface area contributed by atoms with Crippen molar-refractivity contribution in [1.82, 2.24) is 4.98 Å². The number of fused-ring (bicyclic) bond motifs is 5. The normalized spacial score (nSPS) is 39.6. The van der Waals surface area contributed by atoms with Gasteiger partial charge in [0.25, 0.3) is 0 Å². The minimum Gasteiger partial charge on any atom is -0.393 e. The van der Waals surface area contributed by atoms with E-state index in [1.807, 2.05) is 19.9 Å². The Morgan fingerprint density at radius 2 is 1.88 bits per heavy atom. The molecule has 0 aromatic carbocycles. The van der Waals surface area contributed by atoms with E-state index < -0.39 is 5.60 Å². The van der Waals surface area contributed by atoms with Crippen molar-refractivity contribution in [3.8, 4) is 6.07 Å². The number of thioether (sulfide) groups is 1. The van der Waals surface area contributed by atoms with E-state index in [0.29, 0.717) is 23.2 Å². The Labute approximate surface area is 202 Å². The molecule has 1 aromatic rings. The molecule has 0 radical (unpaired) electrons. The van der Waals surface area contributed by atoms with Crippen LogP contribution in [0.2, 0.25) is 0 Å². The third kappa shape index (κ3) is 3.44. The van der Waals surface area contributed by atoms with Crippen LogP contribution in [0.5, 0.6) is 0 Å². The van der Waals surface area contributed by atoms with Crippen LogP contribution in [-0.4, -0.2) is 32.7 Å². The summed E-state index contributed by atoms with van der Waals surface area (Å²) in [6.45, 7) is 8.64. The van der Waals surface area contributed by atoms with Gasteiger partial charge < -0.3 is 10.2 Å². The van der Waals surface area contributed by atoms with E-state index in [9.17, 15) is 15.5 Å². The molecule has 5 heteroatoms. The first-order chi connectivity index (χ1) is 15.6. The van der Waals surface area contributed by atoms with Gasteiger partial charge in [-0.2, -0.15) is 5.26 Å². The minimum atomic E-state index is -0.770.